The highest BCUT2D eigenvalue weighted by atomic mass is 35.5. The number of ether oxygens (including phenoxy) is 1. The molecule has 0 aliphatic rings. The maximum atomic E-state index is 6.09. The van der Waals surface area contributed by atoms with Crippen LogP contribution in [-0.2, 0) is 4.74 Å². The molecule has 86 valence electrons. The van der Waals surface area contributed by atoms with E-state index in [4.69, 9.17) is 27.9 Å². The molecule has 2 nitrogen and oxygen atoms in total. The standard InChI is InChI=1S/C10H15Cl2NOS/c1-3-13-8(6-14-4-2)7-5-9(11)15-10(7)12/h5,8,13H,3-4,6H2,1-2H3. The van der Waals surface area contributed by atoms with Gasteiger partial charge in [0.15, 0.2) is 0 Å². The van der Waals surface area contributed by atoms with Crippen LogP contribution in [0, 0.1) is 0 Å². The van der Waals surface area contributed by atoms with Crippen molar-refractivity contribution in [2.45, 2.75) is 19.9 Å². The molecular formula is C10H15Cl2NOS. The molecule has 1 unspecified atom stereocenters. The molecule has 0 aromatic carbocycles. The van der Waals surface area contributed by atoms with Gasteiger partial charge in [-0.15, -0.1) is 11.3 Å². The average Bonchev–Trinajstić information content (AvgIpc) is 2.52. The van der Waals surface area contributed by atoms with Gasteiger partial charge >= 0.3 is 0 Å². The van der Waals surface area contributed by atoms with Gasteiger partial charge in [-0.1, -0.05) is 30.1 Å². The molecule has 15 heavy (non-hydrogen) atoms. The van der Waals surface area contributed by atoms with Gasteiger partial charge in [0.2, 0.25) is 0 Å². The van der Waals surface area contributed by atoms with Crippen LogP contribution >= 0.6 is 34.5 Å². The zero-order chi connectivity index (χ0) is 11.3. The largest absolute Gasteiger partial charge is 0.380 e. The van der Waals surface area contributed by atoms with Crippen LogP contribution in [0.15, 0.2) is 6.07 Å². The Bertz CT molecular complexity index is 304. The van der Waals surface area contributed by atoms with Crippen molar-refractivity contribution < 1.29 is 4.74 Å². The lowest BCUT2D eigenvalue weighted by Gasteiger charge is -2.16. The van der Waals surface area contributed by atoms with E-state index >= 15 is 0 Å². The van der Waals surface area contributed by atoms with Crippen LogP contribution < -0.4 is 5.32 Å². The summed E-state index contributed by atoms with van der Waals surface area (Å²) >= 11 is 13.4. The summed E-state index contributed by atoms with van der Waals surface area (Å²) in [6, 6.07) is 2.03. The maximum absolute atomic E-state index is 6.09. The molecule has 0 radical (unpaired) electrons. The molecule has 1 N–H and O–H groups in total. The van der Waals surface area contributed by atoms with Crippen LogP contribution in [0.3, 0.4) is 0 Å². The molecule has 0 spiro atoms. The predicted molar refractivity (Wildman–Crippen MR) is 67.2 cm³/mol. The molecule has 0 aliphatic heterocycles. The van der Waals surface area contributed by atoms with Gasteiger partial charge < -0.3 is 10.1 Å². The predicted octanol–water partition coefficient (Wildman–Crippen LogP) is 3.74. The first-order valence-electron chi connectivity index (χ1n) is 4.94. The van der Waals surface area contributed by atoms with E-state index in [0.29, 0.717) is 13.2 Å². The van der Waals surface area contributed by atoms with Crippen LogP contribution in [0.1, 0.15) is 25.5 Å². The highest BCUT2D eigenvalue weighted by molar-refractivity contribution is 7.20. The van der Waals surface area contributed by atoms with Gasteiger partial charge in [0.05, 0.1) is 21.3 Å². The van der Waals surface area contributed by atoms with E-state index in [1.54, 1.807) is 0 Å². The zero-order valence-corrected chi connectivity index (χ0v) is 11.2. The second-order valence-corrected chi connectivity index (χ2v) is 5.33. The molecule has 1 aromatic heterocycles. The first kappa shape index (κ1) is 13.3. The summed E-state index contributed by atoms with van der Waals surface area (Å²) < 4.78 is 6.87. The third kappa shape index (κ3) is 3.93. The summed E-state index contributed by atoms with van der Waals surface area (Å²) in [7, 11) is 0. The molecule has 1 heterocycles. The lowest BCUT2D eigenvalue weighted by Crippen LogP contribution is -2.25. The van der Waals surface area contributed by atoms with E-state index in [0.717, 1.165) is 20.8 Å². The van der Waals surface area contributed by atoms with E-state index in [1.165, 1.54) is 11.3 Å². The van der Waals surface area contributed by atoms with E-state index in [1.807, 2.05) is 13.0 Å². The summed E-state index contributed by atoms with van der Waals surface area (Å²) in [5.74, 6) is 0. The van der Waals surface area contributed by atoms with Crippen molar-refractivity contribution in [3.05, 3.63) is 20.3 Å². The van der Waals surface area contributed by atoms with Crippen LogP contribution in [0.4, 0.5) is 0 Å². The number of rotatable bonds is 6. The Morgan fingerprint density at radius 1 is 1.47 bits per heavy atom. The van der Waals surface area contributed by atoms with Gasteiger partial charge in [0.1, 0.15) is 0 Å². The van der Waals surface area contributed by atoms with Crippen LogP contribution in [0.5, 0.6) is 0 Å². The van der Waals surface area contributed by atoms with Gasteiger partial charge in [-0.05, 0) is 19.5 Å². The molecular weight excluding hydrogens is 253 g/mol. The smallest absolute Gasteiger partial charge is 0.0992 e. The van der Waals surface area contributed by atoms with Gasteiger partial charge in [0, 0.05) is 12.2 Å². The zero-order valence-electron chi connectivity index (χ0n) is 8.85. The van der Waals surface area contributed by atoms with Gasteiger partial charge in [0.25, 0.3) is 0 Å². The van der Waals surface area contributed by atoms with E-state index in [9.17, 15) is 0 Å². The summed E-state index contributed by atoms with van der Waals surface area (Å²) in [5, 5.41) is 3.33. The monoisotopic (exact) mass is 267 g/mol. The first-order chi connectivity index (χ1) is 7.19. The summed E-state index contributed by atoms with van der Waals surface area (Å²) in [5.41, 5.74) is 1.03. The van der Waals surface area contributed by atoms with Crippen molar-refractivity contribution in [3.63, 3.8) is 0 Å². The summed E-state index contributed by atoms with van der Waals surface area (Å²) in [6.07, 6.45) is 0. The minimum absolute atomic E-state index is 0.131. The van der Waals surface area contributed by atoms with E-state index in [-0.39, 0.29) is 6.04 Å². The van der Waals surface area contributed by atoms with Crippen molar-refractivity contribution in [2.75, 3.05) is 19.8 Å². The number of likely N-dealkylation sites (N-methyl/N-ethyl adjacent to an activating group) is 1. The van der Waals surface area contributed by atoms with Crippen LogP contribution in [0.25, 0.3) is 0 Å². The van der Waals surface area contributed by atoms with Crippen LogP contribution in [0.2, 0.25) is 8.67 Å². The lowest BCUT2D eigenvalue weighted by atomic mass is 10.1. The molecule has 5 heteroatoms. The fourth-order valence-electron chi connectivity index (χ4n) is 1.33. The van der Waals surface area contributed by atoms with Crippen molar-refractivity contribution >= 4 is 34.5 Å². The molecule has 0 saturated heterocycles. The first-order valence-corrected chi connectivity index (χ1v) is 6.52. The third-order valence-electron chi connectivity index (χ3n) is 2.00. The highest BCUT2D eigenvalue weighted by Crippen LogP contribution is 2.35. The number of hydrogen-bond donors (Lipinski definition) is 1. The second kappa shape index (κ2) is 6.71. The number of halogens is 2. The van der Waals surface area contributed by atoms with Gasteiger partial charge in [-0.3, -0.25) is 0 Å². The molecule has 1 rings (SSSR count). The number of hydrogen-bond acceptors (Lipinski definition) is 3. The Balaban J connectivity index is 2.73. The number of thiophene rings is 1. The topological polar surface area (TPSA) is 21.3 Å². The maximum Gasteiger partial charge on any atom is 0.0992 e. The summed E-state index contributed by atoms with van der Waals surface area (Å²) in [4.78, 5) is 0. The van der Waals surface area contributed by atoms with Crippen molar-refractivity contribution in [2.24, 2.45) is 0 Å². The van der Waals surface area contributed by atoms with E-state index < -0.39 is 0 Å². The van der Waals surface area contributed by atoms with E-state index in [2.05, 4.69) is 12.2 Å². The number of nitrogens with one attached hydrogen (secondary N) is 1. The normalized spacial score (nSPS) is 13.1. The lowest BCUT2D eigenvalue weighted by molar-refractivity contribution is 0.123. The minimum Gasteiger partial charge on any atom is -0.380 e. The third-order valence-corrected chi connectivity index (χ3v) is 3.52. The Labute approximate surface area is 105 Å². The SMILES string of the molecule is CCNC(COCC)c1cc(Cl)sc1Cl. The van der Waals surface area contributed by atoms with Crippen molar-refractivity contribution in [3.8, 4) is 0 Å². The van der Waals surface area contributed by atoms with Crippen molar-refractivity contribution in [1.82, 2.24) is 5.32 Å². The quantitative estimate of drug-likeness (QED) is 0.848. The Kier molecular flexibility index (Phi) is 5.94. The molecule has 0 fully saturated rings. The molecule has 0 bridgehead atoms. The molecule has 1 atom stereocenters. The fraction of sp³-hybridized carbons (Fsp3) is 0.600. The van der Waals surface area contributed by atoms with Gasteiger partial charge in [-0.25, -0.2) is 0 Å². The second-order valence-electron chi connectivity index (χ2n) is 3.05. The average molecular weight is 268 g/mol. The highest BCUT2D eigenvalue weighted by Gasteiger charge is 2.16. The van der Waals surface area contributed by atoms with Gasteiger partial charge in [-0.2, -0.15) is 0 Å². The molecule has 0 amide bonds. The Hall–Kier alpha value is 0.200. The summed E-state index contributed by atoms with van der Waals surface area (Å²) in [6.45, 7) is 6.24. The van der Waals surface area contributed by atoms with Crippen LogP contribution in [-0.4, -0.2) is 19.8 Å². The molecule has 0 aliphatic carbocycles. The van der Waals surface area contributed by atoms with Crippen molar-refractivity contribution in [1.29, 1.82) is 0 Å². The molecule has 0 saturated carbocycles. The Morgan fingerprint density at radius 3 is 2.67 bits per heavy atom. The molecule has 1 aromatic rings. The minimum atomic E-state index is 0.131. The fourth-order valence-corrected chi connectivity index (χ4v) is 2.91. The Morgan fingerprint density at radius 2 is 2.20 bits per heavy atom.